The van der Waals surface area contributed by atoms with Crippen molar-refractivity contribution in [3.8, 4) is 11.5 Å². The average Bonchev–Trinajstić information content (AvgIpc) is 2.53. The topological polar surface area (TPSA) is 75.3 Å². The number of amidine groups is 1. The molecule has 0 saturated heterocycles. The fourth-order valence-corrected chi connectivity index (χ4v) is 1.97. The van der Waals surface area contributed by atoms with Crippen LogP contribution in [0.1, 0.15) is 19.4 Å². The summed E-state index contributed by atoms with van der Waals surface area (Å²) in [5.74, 6) is 1.89. The van der Waals surface area contributed by atoms with Gasteiger partial charge in [-0.15, -0.1) is 0 Å². The molecule has 0 aromatic heterocycles. The van der Waals surface area contributed by atoms with E-state index < -0.39 is 0 Å². The van der Waals surface area contributed by atoms with E-state index in [1.807, 2.05) is 32.0 Å². The lowest BCUT2D eigenvalue weighted by molar-refractivity contribution is -0.128. The Labute approximate surface area is 132 Å². The fraction of sp³-hybridized carbons (Fsp3) is 0.562. The molecule has 1 aromatic rings. The van der Waals surface area contributed by atoms with Crippen molar-refractivity contribution >= 4 is 5.84 Å². The lowest BCUT2D eigenvalue weighted by atomic mass is 10.1. The molecule has 2 N–H and O–H groups in total. The van der Waals surface area contributed by atoms with Crippen molar-refractivity contribution in [2.45, 2.75) is 26.6 Å². The van der Waals surface area contributed by atoms with Crippen molar-refractivity contribution in [3.05, 3.63) is 23.8 Å². The van der Waals surface area contributed by atoms with Gasteiger partial charge in [-0.25, -0.2) is 0 Å². The van der Waals surface area contributed by atoms with E-state index in [4.69, 9.17) is 24.7 Å². The highest BCUT2D eigenvalue weighted by Crippen LogP contribution is 2.27. The molecule has 0 unspecified atom stereocenters. The Kier molecular flexibility index (Phi) is 8.32. The maximum atomic E-state index is 5.98. The first-order valence-corrected chi connectivity index (χ1v) is 7.37. The second-order valence-electron chi connectivity index (χ2n) is 4.54. The Morgan fingerprint density at radius 3 is 2.27 bits per heavy atom. The maximum absolute atomic E-state index is 5.98. The highest BCUT2D eigenvalue weighted by atomic mass is 16.7. The molecule has 1 rings (SSSR count). The number of ether oxygens (including phenoxy) is 4. The number of nitrogens with zero attached hydrogens (tertiary/aromatic N) is 1. The van der Waals surface area contributed by atoms with E-state index in [9.17, 15) is 0 Å². The average molecular weight is 310 g/mol. The summed E-state index contributed by atoms with van der Waals surface area (Å²) >= 11 is 0. The Balaban J connectivity index is 2.66. The molecule has 0 radical (unpaired) electrons. The first-order valence-electron chi connectivity index (χ1n) is 7.37. The molecule has 0 heterocycles. The van der Waals surface area contributed by atoms with Gasteiger partial charge in [0.2, 0.25) is 0 Å². The van der Waals surface area contributed by atoms with Crippen LogP contribution < -0.4 is 15.2 Å². The minimum absolute atomic E-state index is 0.348. The fourth-order valence-electron chi connectivity index (χ4n) is 1.97. The molecule has 1 aromatic carbocycles. The molecule has 0 aliphatic heterocycles. The van der Waals surface area contributed by atoms with Crippen LogP contribution in [0.25, 0.3) is 0 Å². The number of hydrogen-bond acceptors (Lipinski definition) is 5. The molecular weight excluding hydrogens is 284 g/mol. The first-order chi connectivity index (χ1) is 10.6. The van der Waals surface area contributed by atoms with E-state index in [-0.39, 0.29) is 6.29 Å². The van der Waals surface area contributed by atoms with E-state index in [1.54, 1.807) is 14.2 Å². The Morgan fingerprint density at radius 1 is 1.09 bits per heavy atom. The summed E-state index contributed by atoms with van der Waals surface area (Å²) < 4.78 is 21.3. The van der Waals surface area contributed by atoms with Gasteiger partial charge in [0, 0.05) is 19.6 Å². The van der Waals surface area contributed by atoms with Gasteiger partial charge in [0.25, 0.3) is 0 Å². The first kappa shape index (κ1) is 18.3. The third-order valence-corrected chi connectivity index (χ3v) is 2.98. The van der Waals surface area contributed by atoms with Gasteiger partial charge in [-0.2, -0.15) is 0 Å². The molecule has 22 heavy (non-hydrogen) atoms. The van der Waals surface area contributed by atoms with Crippen LogP contribution in [0.2, 0.25) is 0 Å². The van der Waals surface area contributed by atoms with Crippen molar-refractivity contribution in [1.29, 1.82) is 0 Å². The van der Waals surface area contributed by atoms with E-state index >= 15 is 0 Å². The van der Waals surface area contributed by atoms with E-state index in [0.717, 1.165) is 5.56 Å². The number of methoxy groups -OCH3 is 2. The molecule has 0 atom stereocenters. The highest BCUT2D eigenvalue weighted by Gasteiger charge is 2.08. The number of nitrogens with two attached hydrogens (primary N) is 1. The minimum Gasteiger partial charge on any atom is -0.493 e. The van der Waals surface area contributed by atoms with Gasteiger partial charge in [-0.3, -0.25) is 4.99 Å². The summed E-state index contributed by atoms with van der Waals surface area (Å²) in [5, 5.41) is 0. The molecule has 6 heteroatoms. The lowest BCUT2D eigenvalue weighted by Crippen LogP contribution is -2.24. The standard InChI is InChI=1S/C16H26N2O4/c1-5-21-16(22-6-2)11-18-15(17)10-12-7-8-13(19-3)14(9-12)20-4/h7-9,16H,5-6,10-11H2,1-4H3,(H2,17,18). The third-order valence-electron chi connectivity index (χ3n) is 2.98. The van der Waals surface area contributed by atoms with Crippen LogP contribution >= 0.6 is 0 Å². The van der Waals surface area contributed by atoms with Gasteiger partial charge in [0.15, 0.2) is 17.8 Å². The van der Waals surface area contributed by atoms with Crippen molar-refractivity contribution in [2.24, 2.45) is 10.7 Å². The second-order valence-corrected chi connectivity index (χ2v) is 4.54. The van der Waals surface area contributed by atoms with Crippen LogP contribution in [0.15, 0.2) is 23.2 Å². The number of aliphatic imine (C=N–C) groups is 1. The molecule has 0 bridgehead atoms. The van der Waals surface area contributed by atoms with Gasteiger partial charge in [0.1, 0.15) is 0 Å². The predicted octanol–water partition coefficient (Wildman–Crippen LogP) is 2.00. The molecule has 124 valence electrons. The van der Waals surface area contributed by atoms with Gasteiger partial charge in [-0.05, 0) is 31.5 Å². The minimum atomic E-state index is -0.348. The zero-order valence-corrected chi connectivity index (χ0v) is 13.8. The summed E-state index contributed by atoms with van der Waals surface area (Å²) in [6.07, 6.45) is 0.185. The van der Waals surface area contributed by atoms with Gasteiger partial charge in [0.05, 0.1) is 26.6 Å². The van der Waals surface area contributed by atoms with E-state index in [2.05, 4.69) is 4.99 Å². The summed E-state index contributed by atoms with van der Waals surface area (Å²) in [4.78, 5) is 4.33. The summed E-state index contributed by atoms with van der Waals surface area (Å²) in [5.41, 5.74) is 6.98. The van der Waals surface area contributed by atoms with Crippen molar-refractivity contribution in [1.82, 2.24) is 0 Å². The third kappa shape index (κ3) is 5.91. The zero-order valence-electron chi connectivity index (χ0n) is 13.8. The molecular formula is C16H26N2O4. The lowest BCUT2D eigenvalue weighted by Gasteiger charge is -2.15. The number of rotatable bonds is 10. The number of hydrogen-bond donors (Lipinski definition) is 1. The summed E-state index contributed by atoms with van der Waals surface area (Å²) in [7, 11) is 3.21. The molecule has 0 aliphatic carbocycles. The zero-order chi connectivity index (χ0) is 16.4. The summed E-state index contributed by atoms with van der Waals surface area (Å²) in [6, 6.07) is 5.68. The smallest absolute Gasteiger partial charge is 0.176 e. The quantitative estimate of drug-likeness (QED) is 0.406. The Bertz CT molecular complexity index is 471. The molecule has 0 amide bonds. The highest BCUT2D eigenvalue weighted by molar-refractivity contribution is 5.82. The summed E-state index contributed by atoms with van der Waals surface area (Å²) in [6.45, 7) is 5.39. The Hall–Kier alpha value is -1.79. The SMILES string of the molecule is CCOC(CN=C(N)Cc1ccc(OC)c(OC)c1)OCC. The van der Waals surface area contributed by atoms with Crippen LogP contribution in [0, 0.1) is 0 Å². The van der Waals surface area contributed by atoms with Crippen molar-refractivity contribution in [2.75, 3.05) is 34.0 Å². The van der Waals surface area contributed by atoms with Crippen molar-refractivity contribution < 1.29 is 18.9 Å². The van der Waals surface area contributed by atoms with E-state index in [1.165, 1.54) is 0 Å². The van der Waals surface area contributed by atoms with Crippen LogP contribution in [0.4, 0.5) is 0 Å². The normalized spacial score (nSPS) is 11.8. The van der Waals surface area contributed by atoms with Crippen LogP contribution in [0.3, 0.4) is 0 Å². The molecule has 6 nitrogen and oxygen atoms in total. The van der Waals surface area contributed by atoms with Crippen LogP contribution in [0.5, 0.6) is 11.5 Å². The van der Waals surface area contributed by atoms with Gasteiger partial charge >= 0.3 is 0 Å². The monoisotopic (exact) mass is 310 g/mol. The van der Waals surface area contributed by atoms with Crippen LogP contribution in [-0.2, 0) is 15.9 Å². The molecule has 0 spiro atoms. The van der Waals surface area contributed by atoms with Crippen molar-refractivity contribution in [3.63, 3.8) is 0 Å². The largest absolute Gasteiger partial charge is 0.493 e. The maximum Gasteiger partial charge on any atom is 0.176 e. The second kappa shape index (κ2) is 10.0. The molecule has 0 fully saturated rings. The molecule has 0 saturated carbocycles. The molecule has 0 aliphatic rings. The number of benzene rings is 1. The van der Waals surface area contributed by atoms with Crippen LogP contribution in [-0.4, -0.2) is 46.1 Å². The Morgan fingerprint density at radius 2 is 1.73 bits per heavy atom. The predicted molar refractivity (Wildman–Crippen MR) is 86.8 cm³/mol. The van der Waals surface area contributed by atoms with Gasteiger partial charge < -0.3 is 24.7 Å². The van der Waals surface area contributed by atoms with E-state index in [0.29, 0.717) is 43.5 Å². The van der Waals surface area contributed by atoms with Gasteiger partial charge in [-0.1, -0.05) is 6.07 Å².